The van der Waals surface area contributed by atoms with Crippen LogP contribution in [0.4, 0.5) is 0 Å². The lowest BCUT2D eigenvalue weighted by Gasteiger charge is -2.20. The summed E-state index contributed by atoms with van der Waals surface area (Å²) in [5.41, 5.74) is 3.30. The minimum Gasteiger partial charge on any atom is -0.478 e. The molecule has 98 valence electrons. The van der Waals surface area contributed by atoms with Crippen molar-refractivity contribution in [1.29, 1.82) is 0 Å². The molecule has 0 unspecified atom stereocenters. The van der Waals surface area contributed by atoms with Crippen molar-refractivity contribution in [2.75, 3.05) is 0 Å². The van der Waals surface area contributed by atoms with Gasteiger partial charge in [-0.15, -0.1) is 0 Å². The van der Waals surface area contributed by atoms with E-state index in [1.54, 1.807) is 12.1 Å². The summed E-state index contributed by atoms with van der Waals surface area (Å²) in [7, 11) is 0. The number of carboxylic acids is 1. The average Bonchev–Trinajstić information content (AvgIpc) is 2.38. The second-order valence-electron chi connectivity index (χ2n) is 5.68. The molecule has 0 amide bonds. The van der Waals surface area contributed by atoms with Gasteiger partial charge >= 0.3 is 5.97 Å². The Kier molecular flexibility index (Phi) is 3.43. The fraction of sp³-hybridized carbons (Fsp3) is 0.235. The largest absolute Gasteiger partial charge is 0.478 e. The minimum absolute atomic E-state index is 0.0498. The summed E-state index contributed by atoms with van der Waals surface area (Å²) in [5.74, 6) is -0.892. The Morgan fingerprint density at radius 1 is 1.00 bits per heavy atom. The summed E-state index contributed by atoms with van der Waals surface area (Å²) in [4.78, 5) is 11.3. The van der Waals surface area contributed by atoms with Crippen molar-refractivity contribution in [3.05, 3.63) is 59.7 Å². The van der Waals surface area contributed by atoms with Crippen LogP contribution < -0.4 is 0 Å². The van der Waals surface area contributed by atoms with Gasteiger partial charge in [0.2, 0.25) is 0 Å². The lowest BCUT2D eigenvalue weighted by atomic mass is 9.85. The smallest absolute Gasteiger partial charge is 0.336 e. The molecule has 2 aromatic carbocycles. The maximum Gasteiger partial charge on any atom is 0.336 e. The maximum atomic E-state index is 11.3. The van der Waals surface area contributed by atoms with Crippen LogP contribution in [0, 0.1) is 0 Å². The number of hydrogen-bond acceptors (Lipinski definition) is 1. The molecule has 0 aliphatic carbocycles. The van der Waals surface area contributed by atoms with Crippen LogP contribution in [-0.2, 0) is 5.41 Å². The van der Waals surface area contributed by atoms with Crippen LogP contribution in [0.25, 0.3) is 11.1 Å². The first-order valence-electron chi connectivity index (χ1n) is 6.33. The summed E-state index contributed by atoms with van der Waals surface area (Å²) in [6.45, 7) is 6.44. The number of carboxylic acid groups (broad SMARTS) is 1. The molecule has 0 aliphatic heterocycles. The molecule has 19 heavy (non-hydrogen) atoms. The molecule has 0 atom stereocenters. The van der Waals surface area contributed by atoms with E-state index < -0.39 is 5.97 Å². The number of hydrogen-bond donors (Lipinski definition) is 1. The van der Waals surface area contributed by atoms with E-state index in [1.165, 1.54) is 5.56 Å². The molecule has 2 aromatic rings. The summed E-state index contributed by atoms with van der Waals surface area (Å²) >= 11 is 0. The molecule has 0 bridgehead atoms. The summed E-state index contributed by atoms with van der Waals surface area (Å²) < 4.78 is 0. The number of benzene rings is 2. The van der Waals surface area contributed by atoms with E-state index in [1.807, 2.05) is 24.3 Å². The lowest BCUT2D eigenvalue weighted by molar-refractivity contribution is 0.0697. The topological polar surface area (TPSA) is 37.3 Å². The molecule has 0 saturated heterocycles. The quantitative estimate of drug-likeness (QED) is 0.865. The van der Waals surface area contributed by atoms with E-state index in [2.05, 4.69) is 32.9 Å². The van der Waals surface area contributed by atoms with Gasteiger partial charge in [0.05, 0.1) is 5.56 Å². The van der Waals surface area contributed by atoms with E-state index in [0.717, 1.165) is 11.1 Å². The van der Waals surface area contributed by atoms with Crippen LogP contribution in [-0.4, -0.2) is 11.1 Å². The summed E-state index contributed by atoms with van der Waals surface area (Å²) in [6, 6.07) is 15.2. The fourth-order valence-electron chi connectivity index (χ4n) is 2.07. The highest BCUT2D eigenvalue weighted by Crippen LogP contribution is 2.29. The van der Waals surface area contributed by atoms with Crippen LogP contribution in [0.3, 0.4) is 0 Å². The van der Waals surface area contributed by atoms with Crippen LogP contribution in [0.15, 0.2) is 48.5 Å². The molecular weight excluding hydrogens is 236 g/mol. The van der Waals surface area contributed by atoms with Gasteiger partial charge in [-0.25, -0.2) is 4.79 Å². The highest BCUT2D eigenvalue weighted by molar-refractivity contribution is 5.96. The third-order valence-corrected chi connectivity index (χ3v) is 3.20. The van der Waals surface area contributed by atoms with Crippen molar-refractivity contribution in [3.63, 3.8) is 0 Å². The predicted molar refractivity (Wildman–Crippen MR) is 77.5 cm³/mol. The zero-order chi connectivity index (χ0) is 14.0. The zero-order valence-corrected chi connectivity index (χ0v) is 11.5. The maximum absolute atomic E-state index is 11.3. The first kappa shape index (κ1) is 13.3. The Bertz CT molecular complexity index is 607. The number of aromatic carboxylic acids is 1. The molecule has 0 aromatic heterocycles. The molecular formula is C17H18O2. The molecule has 0 spiro atoms. The molecule has 1 N–H and O–H groups in total. The molecule has 0 saturated carbocycles. The first-order valence-corrected chi connectivity index (χ1v) is 6.33. The van der Waals surface area contributed by atoms with E-state index in [9.17, 15) is 9.90 Å². The number of rotatable bonds is 2. The van der Waals surface area contributed by atoms with Crippen molar-refractivity contribution in [1.82, 2.24) is 0 Å². The van der Waals surface area contributed by atoms with Crippen LogP contribution in [0.5, 0.6) is 0 Å². The van der Waals surface area contributed by atoms with Crippen LogP contribution >= 0.6 is 0 Å². The van der Waals surface area contributed by atoms with Gasteiger partial charge in [-0.3, -0.25) is 0 Å². The van der Waals surface area contributed by atoms with Crippen LogP contribution in [0.1, 0.15) is 36.7 Å². The predicted octanol–water partition coefficient (Wildman–Crippen LogP) is 4.35. The molecule has 0 aliphatic rings. The normalized spacial score (nSPS) is 11.3. The summed E-state index contributed by atoms with van der Waals surface area (Å²) in [5, 5.41) is 9.26. The van der Waals surface area contributed by atoms with Gasteiger partial charge in [-0.1, -0.05) is 63.2 Å². The Labute approximate surface area is 113 Å². The Hall–Kier alpha value is -2.09. The zero-order valence-electron chi connectivity index (χ0n) is 11.5. The molecule has 0 radical (unpaired) electrons. The van der Waals surface area contributed by atoms with Gasteiger partial charge in [-0.2, -0.15) is 0 Å². The van der Waals surface area contributed by atoms with Gasteiger partial charge in [0, 0.05) is 0 Å². The van der Waals surface area contributed by atoms with Crippen molar-refractivity contribution < 1.29 is 9.90 Å². The van der Waals surface area contributed by atoms with Gasteiger partial charge in [0.25, 0.3) is 0 Å². The van der Waals surface area contributed by atoms with Gasteiger partial charge in [-0.05, 0) is 28.2 Å². The lowest BCUT2D eigenvalue weighted by Crippen LogP contribution is -2.11. The van der Waals surface area contributed by atoms with Crippen molar-refractivity contribution >= 4 is 5.97 Å². The van der Waals surface area contributed by atoms with Crippen molar-refractivity contribution in [2.45, 2.75) is 26.2 Å². The minimum atomic E-state index is -0.892. The molecule has 0 heterocycles. The van der Waals surface area contributed by atoms with E-state index >= 15 is 0 Å². The average molecular weight is 254 g/mol. The van der Waals surface area contributed by atoms with Crippen LogP contribution in [0.2, 0.25) is 0 Å². The SMILES string of the molecule is CC(C)(C)c1cccc(-c2ccccc2C(=O)O)c1. The third-order valence-electron chi connectivity index (χ3n) is 3.20. The number of carbonyl (C=O) groups is 1. The standard InChI is InChI=1S/C17H18O2/c1-17(2,3)13-8-6-7-12(11-13)14-9-4-5-10-15(14)16(18)19/h4-11H,1-3H3,(H,18,19). The van der Waals surface area contributed by atoms with E-state index in [-0.39, 0.29) is 5.41 Å². The second kappa shape index (κ2) is 4.88. The molecule has 2 nitrogen and oxygen atoms in total. The summed E-state index contributed by atoms with van der Waals surface area (Å²) in [6.07, 6.45) is 0. The van der Waals surface area contributed by atoms with Gasteiger partial charge in [0.1, 0.15) is 0 Å². The molecule has 2 heteroatoms. The molecule has 2 rings (SSSR count). The highest BCUT2D eigenvalue weighted by Gasteiger charge is 2.16. The third kappa shape index (κ3) is 2.84. The van der Waals surface area contributed by atoms with E-state index in [4.69, 9.17) is 0 Å². The van der Waals surface area contributed by atoms with Gasteiger partial charge in [0.15, 0.2) is 0 Å². The highest BCUT2D eigenvalue weighted by atomic mass is 16.4. The Morgan fingerprint density at radius 2 is 1.68 bits per heavy atom. The second-order valence-corrected chi connectivity index (χ2v) is 5.68. The Morgan fingerprint density at radius 3 is 2.32 bits per heavy atom. The van der Waals surface area contributed by atoms with Crippen molar-refractivity contribution in [2.24, 2.45) is 0 Å². The Balaban J connectivity index is 2.57. The van der Waals surface area contributed by atoms with Gasteiger partial charge < -0.3 is 5.11 Å². The van der Waals surface area contributed by atoms with E-state index in [0.29, 0.717) is 5.56 Å². The monoisotopic (exact) mass is 254 g/mol. The fourth-order valence-corrected chi connectivity index (χ4v) is 2.07. The van der Waals surface area contributed by atoms with Crippen molar-refractivity contribution in [3.8, 4) is 11.1 Å². The first-order chi connectivity index (χ1) is 8.89. The molecule has 0 fully saturated rings.